The van der Waals surface area contributed by atoms with E-state index in [1.807, 2.05) is 0 Å². The summed E-state index contributed by atoms with van der Waals surface area (Å²) >= 11 is 3.18. The fourth-order valence-electron chi connectivity index (χ4n) is 1.85. The van der Waals surface area contributed by atoms with Gasteiger partial charge in [0, 0.05) is 24.8 Å². The van der Waals surface area contributed by atoms with Crippen LogP contribution in [0.25, 0.3) is 0 Å². The van der Waals surface area contributed by atoms with Crippen LogP contribution < -0.4 is 0 Å². The average molecular weight is 319 g/mol. The van der Waals surface area contributed by atoms with Crippen LogP contribution in [0.5, 0.6) is 0 Å². The van der Waals surface area contributed by atoms with E-state index in [-0.39, 0.29) is 12.5 Å². The molecule has 0 bridgehead atoms. The van der Waals surface area contributed by atoms with Gasteiger partial charge in [0.25, 0.3) is 0 Å². The van der Waals surface area contributed by atoms with Crippen molar-refractivity contribution in [2.75, 3.05) is 18.5 Å². The van der Waals surface area contributed by atoms with Crippen LogP contribution >= 0.6 is 15.9 Å². The van der Waals surface area contributed by atoms with Crippen molar-refractivity contribution in [1.29, 1.82) is 0 Å². The minimum atomic E-state index is -4.03. The highest BCUT2D eigenvalue weighted by atomic mass is 79.9. The molecule has 1 aliphatic heterocycles. The Morgan fingerprint density at radius 3 is 2.29 bits per heavy atom. The Morgan fingerprint density at radius 1 is 1.18 bits per heavy atom. The molecule has 0 aromatic rings. The standard InChI is InChI=1S/C11H15BrF4O/c1-2-3-10(13,14)11(15,16)4-8-6-17-7-9(8)5-12/h2,8-9H,1,3-7H2. The molecule has 17 heavy (non-hydrogen) atoms. The quantitative estimate of drug-likeness (QED) is 0.410. The van der Waals surface area contributed by atoms with Gasteiger partial charge in [0.1, 0.15) is 0 Å². The second kappa shape index (κ2) is 5.69. The summed E-state index contributed by atoms with van der Waals surface area (Å²) in [6.45, 7) is 3.54. The molecule has 1 fully saturated rings. The number of hydrogen-bond acceptors (Lipinski definition) is 1. The molecule has 6 heteroatoms. The fourth-order valence-corrected chi connectivity index (χ4v) is 2.56. The zero-order valence-electron chi connectivity index (χ0n) is 9.27. The molecule has 0 saturated carbocycles. The maximum absolute atomic E-state index is 13.5. The van der Waals surface area contributed by atoms with Gasteiger partial charge >= 0.3 is 11.8 Å². The first-order chi connectivity index (χ1) is 7.84. The van der Waals surface area contributed by atoms with E-state index in [2.05, 4.69) is 22.5 Å². The van der Waals surface area contributed by atoms with Crippen molar-refractivity contribution in [3.63, 3.8) is 0 Å². The molecular formula is C11H15BrF4O. The van der Waals surface area contributed by atoms with E-state index in [1.54, 1.807) is 0 Å². The summed E-state index contributed by atoms with van der Waals surface area (Å²) in [6.07, 6.45) is -1.03. The van der Waals surface area contributed by atoms with Crippen molar-refractivity contribution >= 4 is 15.9 Å². The first kappa shape index (κ1) is 15.0. The molecule has 0 N–H and O–H groups in total. The average Bonchev–Trinajstić information content (AvgIpc) is 2.64. The van der Waals surface area contributed by atoms with Crippen LogP contribution in [-0.2, 0) is 4.74 Å². The molecule has 0 radical (unpaired) electrons. The second-order valence-electron chi connectivity index (χ2n) is 4.32. The molecule has 2 atom stereocenters. The van der Waals surface area contributed by atoms with Gasteiger partial charge in [-0.15, -0.1) is 6.58 Å². The number of ether oxygens (including phenoxy) is 1. The van der Waals surface area contributed by atoms with E-state index >= 15 is 0 Å². The van der Waals surface area contributed by atoms with Crippen LogP contribution in [0, 0.1) is 11.8 Å². The third-order valence-electron chi connectivity index (χ3n) is 2.98. The van der Waals surface area contributed by atoms with Gasteiger partial charge in [-0.05, 0) is 11.8 Å². The van der Waals surface area contributed by atoms with E-state index in [0.717, 1.165) is 6.08 Å². The molecule has 0 aromatic carbocycles. The maximum Gasteiger partial charge on any atom is 0.313 e. The SMILES string of the molecule is C=CCC(F)(F)C(F)(F)CC1COCC1CBr. The molecule has 1 aliphatic rings. The van der Waals surface area contributed by atoms with Crippen molar-refractivity contribution in [3.05, 3.63) is 12.7 Å². The predicted molar refractivity (Wildman–Crippen MR) is 60.9 cm³/mol. The Hall–Kier alpha value is -0.100. The monoisotopic (exact) mass is 318 g/mol. The summed E-state index contributed by atoms with van der Waals surface area (Å²) in [5.41, 5.74) is 0. The summed E-state index contributed by atoms with van der Waals surface area (Å²) in [7, 11) is 0. The van der Waals surface area contributed by atoms with Gasteiger partial charge in [-0.2, -0.15) is 17.6 Å². The molecular weight excluding hydrogens is 304 g/mol. The lowest BCUT2D eigenvalue weighted by Gasteiger charge is -2.29. The lowest BCUT2D eigenvalue weighted by molar-refractivity contribution is -0.215. The van der Waals surface area contributed by atoms with Crippen molar-refractivity contribution in [1.82, 2.24) is 0 Å². The van der Waals surface area contributed by atoms with Crippen LogP contribution in [0.2, 0.25) is 0 Å². The highest BCUT2D eigenvalue weighted by molar-refractivity contribution is 9.09. The summed E-state index contributed by atoms with van der Waals surface area (Å²) in [5.74, 6) is -8.70. The normalized spacial score (nSPS) is 26.2. The number of allylic oxidation sites excluding steroid dienone is 1. The molecule has 0 aromatic heterocycles. The highest BCUT2D eigenvalue weighted by Crippen LogP contribution is 2.44. The highest BCUT2D eigenvalue weighted by Gasteiger charge is 2.56. The Kier molecular flexibility index (Phi) is 5.01. The molecule has 2 unspecified atom stereocenters. The molecule has 1 nitrogen and oxygen atoms in total. The minimum Gasteiger partial charge on any atom is -0.381 e. The van der Waals surface area contributed by atoms with Crippen LogP contribution in [0.15, 0.2) is 12.7 Å². The van der Waals surface area contributed by atoms with E-state index in [0.29, 0.717) is 11.9 Å². The lowest BCUT2D eigenvalue weighted by atomic mass is 9.89. The maximum atomic E-state index is 13.5. The summed E-state index contributed by atoms with van der Waals surface area (Å²) in [5, 5.41) is 0.487. The summed E-state index contributed by atoms with van der Waals surface area (Å²) in [6, 6.07) is 0. The Balaban J connectivity index is 2.67. The number of hydrogen-bond donors (Lipinski definition) is 0. The first-order valence-corrected chi connectivity index (χ1v) is 6.46. The molecule has 0 amide bonds. The summed E-state index contributed by atoms with van der Waals surface area (Å²) < 4.78 is 58.4. The van der Waals surface area contributed by atoms with Gasteiger partial charge in [0.15, 0.2) is 0 Å². The molecule has 1 saturated heterocycles. The van der Waals surface area contributed by atoms with Crippen molar-refractivity contribution in [3.8, 4) is 0 Å². The van der Waals surface area contributed by atoms with Crippen molar-refractivity contribution < 1.29 is 22.3 Å². The zero-order chi connectivity index (χ0) is 13.1. The van der Waals surface area contributed by atoms with Gasteiger partial charge in [-0.25, -0.2) is 0 Å². The molecule has 0 aliphatic carbocycles. The number of halogens is 5. The largest absolute Gasteiger partial charge is 0.381 e. The van der Waals surface area contributed by atoms with Crippen LogP contribution in [0.3, 0.4) is 0 Å². The van der Waals surface area contributed by atoms with E-state index in [1.165, 1.54) is 0 Å². The third-order valence-corrected chi connectivity index (χ3v) is 3.81. The molecule has 1 rings (SSSR count). The molecule has 100 valence electrons. The van der Waals surface area contributed by atoms with Crippen LogP contribution in [-0.4, -0.2) is 30.4 Å². The second-order valence-corrected chi connectivity index (χ2v) is 4.97. The van der Waals surface area contributed by atoms with Crippen molar-refractivity contribution in [2.45, 2.75) is 24.7 Å². The summed E-state index contributed by atoms with van der Waals surface area (Å²) in [4.78, 5) is 0. The topological polar surface area (TPSA) is 9.23 Å². The third kappa shape index (κ3) is 3.44. The Bertz CT molecular complexity index is 270. The van der Waals surface area contributed by atoms with E-state index < -0.39 is 30.6 Å². The van der Waals surface area contributed by atoms with Crippen LogP contribution in [0.4, 0.5) is 17.6 Å². The fraction of sp³-hybridized carbons (Fsp3) is 0.818. The molecule has 1 heterocycles. The first-order valence-electron chi connectivity index (χ1n) is 5.34. The van der Waals surface area contributed by atoms with Gasteiger partial charge < -0.3 is 4.74 Å². The van der Waals surface area contributed by atoms with Crippen molar-refractivity contribution in [2.24, 2.45) is 11.8 Å². The molecule has 0 spiro atoms. The van der Waals surface area contributed by atoms with Gasteiger partial charge in [-0.3, -0.25) is 0 Å². The smallest absolute Gasteiger partial charge is 0.313 e. The Labute approximate surface area is 106 Å². The number of alkyl halides is 5. The lowest BCUT2D eigenvalue weighted by Crippen LogP contribution is -2.42. The zero-order valence-corrected chi connectivity index (χ0v) is 10.9. The Morgan fingerprint density at radius 2 is 1.76 bits per heavy atom. The number of rotatable bonds is 6. The van der Waals surface area contributed by atoms with Gasteiger partial charge in [-0.1, -0.05) is 22.0 Å². The van der Waals surface area contributed by atoms with Crippen LogP contribution in [0.1, 0.15) is 12.8 Å². The van der Waals surface area contributed by atoms with E-state index in [4.69, 9.17) is 4.74 Å². The van der Waals surface area contributed by atoms with E-state index in [9.17, 15) is 17.6 Å². The van der Waals surface area contributed by atoms with Gasteiger partial charge in [0.2, 0.25) is 0 Å². The van der Waals surface area contributed by atoms with Gasteiger partial charge in [0.05, 0.1) is 6.61 Å². The minimum absolute atomic E-state index is 0.121. The predicted octanol–water partition coefficient (Wildman–Crippen LogP) is 3.88.